The molecule has 14 amide bonds. The minimum Gasteiger partial charge on any atom is -0.480 e. The number of amides is 14. The summed E-state index contributed by atoms with van der Waals surface area (Å²) in [5, 5.41) is 49.4. The number of guanidine groups is 1. The van der Waals surface area contributed by atoms with E-state index in [4.69, 9.17) is 39.5 Å². The quantitative estimate of drug-likeness (QED) is 0.0164. The number of aliphatic hydroxyl groups excluding tert-OH is 1. The Labute approximate surface area is 582 Å². The van der Waals surface area contributed by atoms with Crippen molar-refractivity contribution in [2.24, 2.45) is 57.1 Å². The maximum atomic E-state index is 14.7. The van der Waals surface area contributed by atoms with Crippen molar-refractivity contribution in [2.45, 2.75) is 231 Å². The number of carbonyl (C=O) groups excluding carboxylic acids is 14. The van der Waals surface area contributed by atoms with E-state index in [9.17, 15) is 77.0 Å². The zero-order valence-corrected chi connectivity index (χ0v) is 58.9. The highest BCUT2D eigenvalue weighted by molar-refractivity contribution is 6.00. The molecule has 13 unspecified atom stereocenters. The van der Waals surface area contributed by atoms with Gasteiger partial charge in [0.25, 0.3) is 0 Å². The van der Waals surface area contributed by atoms with Gasteiger partial charge in [-0.2, -0.15) is 0 Å². The number of hydrogen-bond donors (Lipinski definition) is 20. The molecule has 0 aliphatic carbocycles. The zero-order valence-electron chi connectivity index (χ0n) is 58.9. The van der Waals surface area contributed by atoms with Crippen LogP contribution in [0.4, 0.5) is 0 Å². The third-order valence-electron chi connectivity index (χ3n) is 15.2. The van der Waals surface area contributed by atoms with Crippen LogP contribution in [0.3, 0.4) is 0 Å². The van der Waals surface area contributed by atoms with Crippen LogP contribution in [0, 0.1) is 17.8 Å². The van der Waals surface area contributed by atoms with Crippen molar-refractivity contribution in [2.75, 3.05) is 19.7 Å². The molecule has 0 radical (unpaired) electrons. The molecule has 0 spiro atoms. The lowest BCUT2D eigenvalue weighted by Crippen LogP contribution is -2.61. The Morgan fingerprint density at radius 3 is 1.11 bits per heavy atom. The lowest BCUT2D eigenvalue weighted by atomic mass is 9.99. The second-order valence-electron chi connectivity index (χ2n) is 25.9. The second-order valence-corrected chi connectivity index (χ2v) is 25.9. The van der Waals surface area contributed by atoms with Crippen molar-refractivity contribution in [1.29, 1.82) is 0 Å². The van der Waals surface area contributed by atoms with Gasteiger partial charge >= 0.3 is 5.97 Å². The van der Waals surface area contributed by atoms with Crippen molar-refractivity contribution in [3.63, 3.8) is 0 Å². The minimum atomic E-state index is -1.77. The Morgan fingerprint density at radius 1 is 0.390 bits per heavy atom. The van der Waals surface area contributed by atoms with Gasteiger partial charge in [0.1, 0.15) is 72.5 Å². The normalized spacial score (nSPS) is 15.0. The number of nitrogens with two attached hydrogens (primary N) is 6. The summed E-state index contributed by atoms with van der Waals surface area (Å²) < 4.78 is 0. The zero-order chi connectivity index (χ0) is 76.1. The van der Waals surface area contributed by atoms with E-state index in [0.717, 1.165) is 0 Å². The third-order valence-corrected chi connectivity index (χ3v) is 15.2. The van der Waals surface area contributed by atoms with Crippen LogP contribution in [-0.2, 0) is 78.3 Å². The van der Waals surface area contributed by atoms with Gasteiger partial charge < -0.3 is 108 Å². The number of rotatable bonds is 48. The van der Waals surface area contributed by atoms with Crippen LogP contribution in [0.15, 0.2) is 35.3 Å². The molecule has 562 valence electrons. The summed E-state index contributed by atoms with van der Waals surface area (Å²) in [5.41, 5.74) is 34.4. The molecule has 0 bridgehead atoms. The maximum absolute atomic E-state index is 14.7. The number of carboxylic acid groups (broad SMARTS) is 1. The first kappa shape index (κ1) is 88.4. The number of primary amides is 2. The molecule has 0 heterocycles. The summed E-state index contributed by atoms with van der Waals surface area (Å²) >= 11 is 0. The van der Waals surface area contributed by atoms with Crippen LogP contribution >= 0.6 is 0 Å². The molecule has 36 heteroatoms. The Kier molecular flexibility index (Phi) is 40.6. The second kappa shape index (κ2) is 45.9. The van der Waals surface area contributed by atoms with E-state index in [1.165, 1.54) is 27.7 Å². The van der Waals surface area contributed by atoms with Crippen LogP contribution in [-0.4, -0.2) is 203 Å². The first-order valence-corrected chi connectivity index (χ1v) is 33.4. The summed E-state index contributed by atoms with van der Waals surface area (Å²) in [6, 6.07) is -9.89. The van der Waals surface area contributed by atoms with Gasteiger partial charge in [-0.05, 0) is 122 Å². The third kappa shape index (κ3) is 35.3. The molecular weight excluding hydrogens is 1310 g/mol. The van der Waals surface area contributed by atoms with E-state index in [1.807, 2.05) is 13.8 Å². The number of carbonyl (C=O) groups is 15. The Hall–Kier alpha value is -9.58. The molecule has 0 aliphatic heterocycles. The Balaban J connectivity index is 3.58. The number of nitrogens with zero attached hydrogens (tertiary/aromatic N) is 1. The fourth-order valence-electron chi connectivity index (χ4n) is 9.69. The first-order valence-electron chi connectivity index (χ1n) is 33.4. The van der Waals surface area contributed by atoms with E-state index in [2.05, 4.69) is 68.8 Å². The molecule has 36 nitrogen and oxygen atoms in total. The van der Waals surface area contributed by atoms with Gasteiger partial charge in [0.05, 0.1) is 12.6 Å². The van der Waals surface area contributed by atoms with Gasteiger partial charge in [-0.25, -0.2) is 0 Å². The lowest BCUT2D eigenvalue weighted by molar-refractivity contribution is -0.141. The molecule has 100 heavy (non-hydrogen) atoms. The Morgan fingerprint density at radius 2 is 0.720 bits per heavy atom. The van der Waals surface area contributed by atoms with Gasteiger partial charge in [0, 0.05) is 25.8 Å². The molecule has 1 rings (SSSR count). The van der Waals surface area contributed by atoms with Crippen molar-refractivity contribution in [1.82, 2.24) is 63.8 Å². The molecule has 0 aliphatic rings. The van der Waals surface area contributed by atoms with E-state index in [0.29, 0.717) is 12.0 Å². The van der Waals surface area contributed by atoms with Crippen LogP contribution in [0.2, 0.25) is 0 Å². The highest BCUT2D eigenvalue weighted by atomic mass is 16.4. The predicted molar refractivity (Wildman–Crippen MR) is 367 cm³/mol. The number of aliphatic imine (C=N–C) groups is 1. The predicted octanol–water partition coefficient (Wildman–Crippen LogP) is -5.62. The SMILES string of the molecule is CC(C)CC(N)C(=O)NC(CCCN=C(N)N)C(=O)NC(CCC(N)=O)C(=O)NC(Cc1ccccc1)C(=O)NC(CC(C)C)C(=O)NC(CCC(N)=O)C(=O)NC(CCCCN)C(=O)NC(CO)C(=O)NC(CC(C)C)C(=O)NC(C)C(=O)NC(C)C(=O)NC(C)C(=O)NC(C)C(=O)O. The van der Waals surface area contributed by atoms with Gasteiger partial charge in [0.15, 0.2) is 5.96 Å². The van der Waals surface area contributed by atoms with Gasteiger partial charge in [0.2, 0.25) is 82.7 Å². The molecule has 1 aromatic carbocycles. The van der Waals surface area contributed by atoms with Crippen LogP contribution in [0.25, 0.3) is 0 Å². The summed E-state index contributed by atoms with van der Waals surface area (Å²) in [4.78, 5) is 205. The minimum absolute atomic E-state index is 0.0122. The number of aliphatic hydroxyl groups is 1. The van der Waals surface area contributed by atoms with E-state index >= 15 is 0 Å². The number of carboxylic acids is 1. The summed E-state index contributed by atoms with van der Waals surface area (Å²) in [6.07, 6.45) is -1.27. The molecule has 13 atom stereocenters. The average molecular weight is 1420 g/mol. The largest absolute Gasteiger partial charge is 0.480 e. The smallest absolute Gasteiger partial charge is 0.325 e. The fourth-order valence-corrected chi connectivity index (χ4v) is 9.69. The maximum Gasteiger partial charge on any atom is 0.325 e. The van der Waals surface area contributed by atoms with Gasteiger partial charge in [-0.1, -0.05) is 71.9 Å². The molecule has 0 fully saturated rings. The van der Waals surface area contributed by atoms with Crippen LogP contribution in [0.1, 0.15) is 152 Å². The Bertz CT molecular complexity index is 2950. The van der Waals surface area contributed by atoms with Crippen molar-refractivity contribution in [3.8, 4) is 0 Å². The molecule has 26 N–H and O–H groups in total. The number of benzene rings is 1. The van der Waals surface area contributed by atoms with Crippen molar-refractivity contribution < 1.29 is 82.1 Å². The number of nitrogens with one attached hydrogen (secondary N) is 12. The molecule has 0 saturated carbocycles. The summed E-state index contributed by atoms with van der Waals surface area (Å²) in [7, 11) is 0. The standard InChI is InChI=1S/C64H109N19O17/c1-32(2)27-40(66)54(90)76-42(20-16-26-71-64(69)70)55(91)78-44(22-24-50(68)86)58(94)82-47(30-39-17-12-11-13-18-39)61(97)80-46(29-34(5)6)60(96)79-43(21-23-49(67)85)57(93)77-41(19-14-15-25-65)56(92)83-48(31-84)62(98)81-45(28-33(3)4)59(95)74-37(9)52(88)72-35(7)51(87)73-36(8)53(89)75-38(10)63(99)100/h11-13,17-18,32-38,40-48,84H,14-16,19-31,65-66H2,1-10H3,(H2,67,85)(H2,68,86)(H,72,88)(H,73,87)(H,74,95)(H,75,89)(H,76,90)(H,77,93)(H,78,91)(H,79,96)(H,80,97)(H,81,98)(H,82,94)(H,83,92)(H,99,100)(H4,69,70,71). The van der Waals surface area contributed by atoms with Crippen LogP contribution in [0.5, 0.6) is 0 Å². The topological polar surface area (TPSA) is 609 Å². The van der Waals surface area contributed by atoms with Gasteiger partial charge in [-0.15, -0.1) is 0 Å². The van der Waals surface area contributed by atoms with E-state index in [1.54, 1.807) is 58.0 Å². The lowest BCUT2D eigenvalue weighted by Gasteiger charge is -2.29. The number of hydrogen-bond acceptors (Lipinski definition) is 19. The summed E-state index contributed by atoms with van der Waals surface area (Å²) in [6.45, 7) is 14.8. The number of aliphatic carboxylic acids is 1. The van der Waals surface area contributed by atoms with Crippen molar-refractivity contribution in [3.05, 3.63) is 35.9 Å². The van der Waals surface area contributed by atoms with Gasteiger partial charge in [-0.3, -0.25) is 76.9 Å². The molecule has 1 aromatic rings. The molecule has 0 saturated heterocycles. The average Bonchev–Trinajstić information content (AvgIpc) is 0.856. The molecular formula is C64H109N19O17. The summed E-state index contributed by atoms with van der Waals surface area (Å²) in [5.74, 6) is -14.8. The monoisotopic (exact) mass is 1420 g/mol. The van der Waals surface area contributed by atoms with Crippen LogP contribution < -0.4 is 98.2 Å². The first-order chi connectivity index (χ1) is 46.8. The number of unbranched alkanes of at least 4 members (excludes halogenated alkanes) is 1. The fraction of sp³-hybridized carbons (Fsp3) is 0.656. The van der Waals surface area contributed by atoms with E-state index in [-0.39, 0.29) is 94.6 Å². The van der Waals surface area contributed by atoms with E-state index < -0.39 is 193 Å². The van der Waals surface area contributed by atoms with Crippen molar-refractivity contribution >= 4 is 94.6 Å². The molecule has 0 aromatic heterocycles. The highest BCUT2D eigenvalue weighted by Gasteiger charge is 2.37. The highest BCUT2D eigenvalue weighted by Crippen LogP contribution is 2.14.